The second-order valence-electron chi connectivity index (χ2n) is 6.68. The van der Waals surface area contributed by atoms with Gasteiger partial charge in [0.25, 0.3) is 11.8 Å². The van der Waals surface area contributed by atoms with Gasteiger partial charge in [-0.2, -0.15) is 0 Å². The highest BCUT2D eigenvalue weighted by Crippen LogP contribution is 2.34. The number of carbonyl (C=O) groups excluding carboxylic acids is 3. The van der Waals surface area contributed by atoms with Crippen molar-refractivity contribution in [3.63, 3.8) is 0 Å². The van der Waals surface area contributed by atoms with Crippen LogP contribution in [0.5, 0.6) is 0 Å². The van der Waals surface area contributed by atoms with E-state index in [9.17, 15) is 14.4 Å². The van der Waals surface area contributed by atoms with Gasteiger partial charge in [-0.05, 0) is 49.2 Å². The Morgan fingerprint density at radius 3 is 2.21 bits per heavy atom. The first-order chi connectivity index (χ1) is 11.4. The summed E-state index contributed by atoms with van der Waals surface area (Å²) < 4.78 is 0. The Balaban J connectivity index is 1.80. The number of fused-ring (bicyclic) bond motifs is 2. The lowest BCUT2D eigenvalue weighted by Gasteiger charge is -2.34. The highest BCUT2D eigenvalue weighted by molar-refractivity contribution is 6.34. The van der Waals surface area contributed by atoms with Crippen molar-refractivity contribution < 1.29 is 14.4 Å². The Kier molecular flexibility index (Phi) is 2.91. The van der Waals surface area contributed by atoms with E-state index in [4.69, 9.17) is 0 Å². The SMILES string of the molecule is CC1(C)NC(=O)Cc2cc(N3C(=O)c4ccccc4C3=O)ccc21. The minimum Gasteiger partial charge on any atom is -0.347 e. The fourth-order valence-corrected chi connectivity index (χ4v) is 3.53. The molecule has 3 amide bonds. The maximum atomic E-state index is 12.6. The van der Waals surface area contributed by atoms with Crippen LogP contribution >= 0.6 is 0 Å². The molecule has 0 fully saturated rings. The molecule has 2 aliphatic rings. The van der Waals surface area contributed by atoms with Gasteiger partial charge in [0.2, 0.25) is 5.91 Å². The van der Waals surface area contributed by atoms with Crippen molar-refractivity contribution in [1.29, 1.82) is 0 Å². The van der Waals surface area contributed by atoms with E-state index in [0.29, 0.717) is 16.8 Å². The first kappa shape index (κ1) is 14.6. The van der Waals surface area contributed by atoms with E-state index in [1.165, 1.54) is 4.90 Å². The smallest absolute Gasteiger partial charge is 0.266 e. The van der Waals surface area contributed by atoms with E-state index < -0.39 is 5.54 Å². The first-order valence-electron chi connectivity index (χ1n) is 7.81. The van der Waals surface area contributed by atoms with Crippen LogP contribution < -0.4 is 10.2 Å². The summed E-state index contributed by atoms with van der Waals surface area (Å²) in [4.78, 5) is 38.3. The van der Waals surface area contributed by atoms with Crippen molar-refractivity contribution in [1.82, 2.24) is 5.32 Å². The van der Waals surface area contributed by atoms with Gasteiger partial charge in [0, 0.05) is 0 Å². The predicted molar refractivity (Wildman–Crippen MR) is 88.9 cm³/mol. The number of hydrogen-bond donors (Lipinski definition) is 1. The molecule has 0 aromatic heterocycles. The molecule has 5 nitrogen and oxygen atoms in total. The summed E-state index contributed by atoms with van der Waals surface area (Å²) in [7, 11) is 0. The minimum atomic E-state index is -0.467. The number of benzene rings is 2. The Morgan fingerprint density at radius 1 is 0.958 bits per heavy atom. The third-order valence-electron chi connectivity index (χ3n) is 4.62. The molecule has 0 saturated heterocycles. The van der Waals surface area contributed by atoms with Gasteiger partial charge in [-0.1, -0.05) is 18.2 Å². The number of imide groups is 1. The third-order valence-corrected chi connectivity index (χ3v) is 4.62. The lowest BCUT2D eigenvalue weighted by Crippen LogP contribution is -2.46. The fraction of sp³-hybridized carbons (Fsp3) is 0.211. The quantitative estimate of drug-likeness (QED) is 0.821. The number of amides is 3. The summed E-state index contributed by atoms with van der Waals surface area (Å²) in [6, 6.07) is 12.2. The van der Waals surface area contributed by atoms with E-state index in [1.54, 1.807) is 36.4 Å². The van der Waals surface area contributed by atoms with Gasteiger partial charge in [0.05, 0.1) is 28.8 Å². The van der Waals surface area contributed by atoms with Crippen LogP contribution in [0.4, 0.5) is 5.69 Å². The molecular weight excluding hydrogens is 304 g/mol. The second kappa shape index (κ2) is 4.77. The molecule has 2 aromatic carbocycles. The van der Waals surface area contributed by atoms with Crippen LogP contribution in [-0.2, 0) is 16.8 Å². The maximum absolute atomic E-state index is 12.6. The molecule has 4 rings (SSSR count). The summed E-state index contributed by atoms with van der Waals surface area (Å²) in [6.45, 7) is 3.87. The molecule has 2 aliphatic heterocycles. The molecule has 0 unspecified atom stereocenters. The number of anilines is 1. The van der Waals surface area contributed by atoms with E-state index in [-0.39, 0.29) is 24.1 Å². The molecular formula is C19H16N2O3. The molecule has 0 bridgehead atoms. The number of hydrogen-bond acceptors (Lipinski definition) is 3. The molecule has 2 heterocycles. The van der Waals surface area contributed by atoms with Crippen LogP contribution in [0.25, 0.3) is 0 Å². The van der Waals surface area contributed by atoms with Crippen LogP contribution in [0.2, 0.25) is 0 Å². The minimum absolute atomic E-state index is 0.0630. The lowest BCUT2D eigenvalue weighted by atomic mass is 9.84. The summed E-state index contributed by atoms with van der Waals surface area (Å²) in [6.07, 6.45) is 0.246. The Morgan fingerprint density at radius 2 is 1.58 bits per heavy atom. The van der Waals surface area contributed by atoms with Crippen LogP contribution in [0, 0.1) is 0 Å². The monoisotopic (exact) mass is 320 g/mol. The molecule has 0 saturated carbocycles. The Labute approximate surface area is 139 Å². The largest absolute Gasteiger partial charge is 0.347 e. The highest BCUT2D eigenvalue weighted by Gasteiger charge is 2.37. The summed E-state index contributed by atoms with van der Waals surface area (Å²) >= 11 is 0. The number of carbonyl (C=O) groups is 3. The highest BCUT2D eigenvalue weighted by atomic mass is 16.2. The molecule has 1 N–H and O–H groups in total. The lowest BCUT2D eigenvalue weighted by molar-refractivity contribution is -0.122. The normalized spacial score (nSPS) is 18.2. The first-order valence-corrected chi connectivity index (χ1v) is 7.81. The summed E-state index contributed by atoms with van der Waals surface area (Å²) in [5.41, 5.74) is 2.72. The van der Waals surface area contributed by atoms with Gasteiger partial charge in [0.1, 0.15) is 0 Å². The Bertz CT molecular complexity index is 880. The summed E-state index contributed by atoms with van der Waals surface area (Å²) in [5.74, 6) is -0.711. The molecule has 24 heavy (non-hydrogen) atoms. The number of nitrogens with zero attached hydrogens (tertiary/aromatic N) is 1. The molecule has 0 spiro atoms. The second-order valence-corrected chi connectivity index (χ2v) is 6.68. The van der Waals surface area contributed by atoms with Crippen molar-refractivity contribution in [2.75, 3.05) is 4.90 Å². The van der Waals surface area contributed by atoms with Gasteiger partial charge in [-0.3, -0.25) is 14.4 Å². The van der Waals surface area contributed by atoms with E-state index in [1.807, 2.05) is 19.9 Å². The molecule has 0 radical (unpaired) electrons. The topological polar surface area (TPSA) is 66.5 Å². The van der Waals surface area contributed by atoms with Crippen molar-refractivity contribution >= 4 is 23.4 Å². The number of nitrogens with one attached hydrogen (secondary N) is 1. The fourth-order valence-electron chi connectivity index (χ4n) is 3.53. The standard InChI is InChI=1S/C19H16N2O3/c1-19(2)15-8-7-12(9-11(15)10-16(22)20-19)21-17(23)13-5-3-4-6-14(13)18(21)24/h3-9H,10H2,1-2H3,(H,20,22). The van der Waals surface area contributed by atoms with Crippen LogP contribution in [0.1, 0.15) is 45.7 Å². The number of rotatable bonds is 1. The van der Waals surface area contributed by atoms with Crippen molar-refractivity contribution in [2.24, 2.45) is 0 Å². The van der Waals surface area contributed by atoms with E-state index in [0.717, 1.165) is 11.1 Å². The molecule has 0 aliphatic carbocycles. The van der Waals surface area contributed by atoms with Gasteiger partial charge in [-0.15, -0.1) is 0 Å². The average Bonchev–Trinajstić information content (AvgIpc) is 2.78. The van der Waals surface area contributed by atoms with Crippen molar-refractivity contribution in [3.8, 4) is 0 Å². The molecule has 2 aromatic rings. The average molecular weight is 320 g/mol. The molecule has 5 heteroatoms. The molecule has 120 valence electrons. The van der Waals surface area contributed by atoms with E-state index >= 15 is 0 Å². The van der Waals surface area contributed by atoms with E-state index in [2.05, 4.69) is 5.32 Å². The zero-order valence-corrected chi connectivity index (χ0v) is 13.4. The summed E-state index contributed by atoms with van der Waals surface area (Å²) in [5, 5.41) is 2.95. The van der Waals surface area contributed by atoms with Gasteiger partial charge in [-0.25, -0.2) is 4.90 Å². The van der Waals surface area contributed by atoms with Crippen LogP contribution in [0.3, 0.4) is 0 Å². The van der Waals surface area contributed by atoms with Gasteiger partial charge < -0.3 is 5.32 Å². The van der Waals surface area contributed by atoms with Crippen LogP contribution in [0.15, 0.2) is 42.5 Å². The zero-order chi connectivity index (χ0) is 17.1. The maximum Gasteiger partial charge on any atom is 0.266 e. The van der Waals surface area contributed by atoms with Crippen LogP contribution in [-0.4, -0.2) is 17.7 Å². The molecule has 0 atom stereocenters. The van der Waals surface area contributed by atoms with Crippen molar-refractivity contribution in [2.45, 2.75) is 25.8 Å². The predicted octanol–water partition coefficient (Wildman–Crippen LogP) is 2.39. The third kappa shape index (κ3) is 1.98. The van der Waals surface area contributed by atoms with Gasteiger partial charge in [0.15, 0.2) is 0 Å². The zero-order valence-electron chi connectivity index (χ0n) is 13.4. The Hall–Kier alpha value is -2.95. The van der Waals surface area contributed by atoms with Gasteiger partial charge >= 0.3 is 0 Å². The van der Waals surface area contributed by atoms with Crippen molar-refractivity contribution in [3.05, 3.63) is 64.7 Å².